The van der Waals surface area contributed by atoms with Gasteiger partial charge in [0, 0.05) is 29.8 Å². The summed E-state index contributed by atoms with van der Waals surface area (Å²) in [5.41, 5.74) is 1.58. The highest BCUT2D eigenvalue weighted by molar-refractivity contribution is 7.10. The molecule has 0 fully saturated rings. The average Bonchev–Trinajstić information content (AvgIpc) is 2.80. The maximum absolute atomic E-state index is 11.9. The molecule has 0 amide bonds. The number of aryl methyl sites for hydroxylation is 1. The van der Waals surface area contributed by atoms with Gasteiger partial charge in [-0.05, 0) is 19.4 Å². The van der Waals surface area contributed by atoms with E-state index in [1.165, 1.54) is 11.5 Å². The molecule has 0 aromatic carbocycles. The van der Waals surface area contributed by atoms with Crippen molar-refractivity contribution in [1.82, 2.24) is 14.2 Å². The summed E-state index contributed by atoms with van der Waals surface area (Å²) in [6.07, 6.45) is 2.82. The molecule has 0 saturated heterocycles. The summed E-state index contributed by atoms with van der Waals surface area (Å²) >= 11 is 1.33. The normalized spacial score (nSPS) is 10.6. The number of hydrogen-bond donors (Lipinski definition) is 1. The van der Waals surface area contributed by atoms with Crippen LogP contribution in [0.25, 0.3) is 0 Å². The zero-order valence-electron chi connectivity index (χ0n) is 10.5. The highest BCUT2D eigenvalue weighted by atomic mass is 32.1. The third-order valence-corrected chi connectivity index (χ3v) is 3.35. The molecule has 96 valence electrons. The summed E-state index contributed by atoms with van der Waals surface area (Å²) in [5.74, 6) is 0. The van der Waals surface area contributed by atoms with Crippen LogP contribution in [-0.4, -0.2) is 20.7 Å². The number of pyridine rings is 1. The Balaban J connectivity index is 2.21. The first-order valence-electron chi connectivity index (χ1n) is 5.93. The summed E-state index contributed by atoms with van der Waals surface area (Å²) in [6, 6.07) is 3.68. The second-order valence-electron chi connectivity index (χ2n) is 4.10. The van der Waals surface area contributed by atoms with Crippen LogP contribution in [0.15, 0.2) is 23.1 Å². The minimum Gasteiger partial charge on any atom is -0.374 e. The quantitative estimate of drug-likeness (QED) is 0.895. The van der Waals surface area contributed by atoms with Crippen molar-refractivity contribution in [3.05, 3.63) is 39.9 Å². The number of rotatable bonds is 5. The SMILES string of the molecule is CCCNc1snnc1Cn1cccc(C)c1=O. The predicted molar refractivity (Wildman–Crippen MR) is 73.2 cm³/mol. The van der Waals surface area contributed by atoms with Gasteiger partial charge in [-0.15, -0.1) is 5.10 Å². The molecule has 2 aromatic rings. The molecule has 18 heavy (non-hydrogen) atoms. The predicted octanol–water partition coefficient (Wildman–Crippen LogP) is 1.88. The van der Waals surface area contributed by atoms with Crippen molar-refractivity contribution in [2.24, 2.45) is 0 Å². The number of anilines is 1. The highest BCUT2D eigenvalue weighted by Gasteiger charge is 2.09. The topological polar surface area (TPSA) is 59.8 Å². The minimum absolute atomic E-state index is 0.0203. The summed E-state index contributed by atoms with van der Waals surface area (Å²) < 4.78 is 5.59. The summed E-state index contributed by atoms with van der Waals surface area (Å²) in [6.45, 7) is 5.27. The number of hydrogen-bond acceptors (Lipinski definition) is 5. The zero-order valence-corrected chi connectivity index (χ0v) is 11.3. The lowest BCUT2D eigenvalue weighted by atomic mass is 10.3. The monoisotopic (exact) mass is 264 g/mol. The first-order valence-corrected chi connectivity index (χ1v) is 6.71. The lowest BCUT2D eigenvalue weighted by Gasteiger charge is -2.06. The van der Waals surface area contributed by atoms with Crippen LogP contribution in [0.4, 0.5) is 5.00 Å². The van der Waals surface area contributed by atoms with Gasteiger partial charge in [0.2, 0.25) is 0 Å². The Morgan fingerprint density at radius 2 is 2.33 bits per heavy atom. The largest absolute Gasteiger partial charge is 0.374 e. The van der Waals surface area contributed by atoms with Crippen LogP contribution < -0.4 is 10.9 Å². The van der Waals surface area contributed by atoms with Crippen molar-refractivity contribution in [3.63, 3.8) is 0 Å². The van der Waals surface area contributed by atoms with E-state index in [0.29, 0.717) is 6.54 Å². The summed E-state index contributed by atoms with van der Waals surface area (Å²) in [7, 11) is 0. The van der Waals surface area contributed by atoms with E-state index < -0.39 is 0 Å². The molecule has 0 saturated carbocycles. The Morgan fingerprint density at radius 3 is 3.11 bits per heavy atom. The molecule has 2 aromatic heterocycles. The Labute approximate surface area is 110 Å². The van der Waals surface area contributed by atoms with Crippen LogP contribution in [0.1, 0.15) is 24.6 Å². The fourth-order valence-electron chi connectivity index (χ4n) is 1.63. The summed E-state index contributed by atoms with van der Waals surface area (Å²) in [4.78, 5) is 11.9. The van der Waals surface area contributed by atoms with Crippen molar-refractivity contribution in [3.8, 4) is 0 Å². The molecule has 5 nitrogen and oxygen atoms in total. The third kappa shape index (κ3) is 2.76. The highest BCUT2D eigenvalue weighted by Crippen LogP contribution is 2.18. The van der Waals surface area contributed by atoms with Crippen LogP contribution in [-0.2, 0) is 6.54 Å². The van der Waals surface area contributed by atoms with Crippen molar-refractivity contribution >= 4 is 16.5 Å². The van der Waals surface area contributed by atoms with E-state index in [0.717, 1.165) is 29.2 Å². The van der Waals surface area contributed by atoms with Gasteiger partial charge in [0.05, 0.1) is 6.54 Å². The van der Waals surface area contributed by atoms with Gasteiger partial charge in [-0.25, -0.2) is 0 Å². The van der Waals surface area contributed by atoms with Gasteiger partial charge in [-0.2, -0.15) is 0 Å². The molecule has 0 aliphatic carbocycles. The molecule has 2 rings (SSSR count). The van der Waals surface area contributed by atoms with E-state index in [1.54, 1.807) is 10.8 Å². The fraction of sp³-hybridized carbons (Fsp3) is 0.417. The van der Waals surface area contributed by atoms with Crippen LogP contribution in [0.3, 0.4) is 0 Å². The maximum atomic E-state index is 11.9. The van der Waals surface area contributed by atoms with Crippen LogP contribution in [0.5, 0.6) is 0 Å². The van der Waals surface area contributed by atoms with Crippen molar-refractivity contribution < 1.29 is 0 Å². The molecule has 0 aliphatic heterocycles. The summed E-state index contributed by atoms with van der Waals surface area (Å²) in [5, 5.41) is 8.31. The van der Waals surface area contributed by atoms with Crippen molar-refractivity contribution in [1.29, 1.82) is 0 Å². The maximum Gasteiger partial charge on any atom is 0.253 e. The Bertz CT molecular complexity index is 575. The van der Waals surface area contributed by atoms with Gasteiger partial charge in [-0.3, -0.25) is 4.79 Å². The molecule has 0 radical (unpaired) electrons. The standard InChI is InChI=1S/C12H16N4OS/c1-3-6-13-11-10(14-15-18-11)8-16-7-4-5-9(2)12(16)17/h4-5,7,13H,3,6,8H2,1-2H3. The minimum atomic E-state index is 0.0203. The molecular formula is C12H16N4OS. The number of aromatic nitrogens is 3. The van der Waals surface area contributed by atoms with E-state index in [4.69, 9.17) is 0 Å². The van der Waals surface area contributed by atoms with E-state index in [1.807, 2.05) is 19.1 Å². The second kappa shape index (κ2) is 5.77. The van der Waals surface area contributed by atoms with E-state index >= 15 is 0 Å². The smallest absolute Gasteiger partial charge is 0.253 e. The van der Waals surface area contributed by atoms with Gasteiger partial charge >= 0.3 is 0 Å². The van der Waals surface area contributed by atoms with Gasteiger partial charge in [0.1, 0.15) is 10.7 Å². The van der Waals surface area contributed by atoms with Gasteiger partial charge in [0.15, 0.2) is 0 Å². The van der Waals surface area contributed by atoms with Crippen LogP contribution in [0, 0.1) is 6.92 Å². The van der Waals surface area contributed by atoms with Crippen molar-refractivity contribution in [2.45, 2.75) is 26.8 Å². The van der Waals surface area contributed by atoms with Gasteiger partial charge in [-0.1, -0.05) is 17.5 Å². The second-order valence-corrected chi connectivity index (χ2v) is 4.85. The molecular weight excluding hydrogens is 248 g/mol. The Kier molecular flexibility index (Phi) is 4.09. The average molecular weight is 264 g/mol. The number of nitrogens with one attached hydrogen (secondary N) is 1. The zero-order chi connectivity index (χ0) is 13.0. The Hall–Kier alpha value is -1.69. The molecule has 0 atom stereocenters. The van der Waals surface area contributed by atoms with Crippen LogP contribution in [0.2, 0.25) is 0 Å². The van der Waals surface area contributed by atoms with Crippen molar-refractivity contribution in [2.75, 3.05) is 11.9 Å². The molecule has 0 aliphatic rings. The number of nitrogens with zero attached hydrogens (tertiary/aromatic N) is 3. The van der Waals surface area contributed by atoms with E-state index in [9.17, 15) is 4.79 Å². The Morgan fingerprint density at radius 1 is 1.50 bits per heavy atom. The lowest BCUT2D eigenvalue weighted by molar-refractivity contribution is 0.730. The molecule has 0 spiro atoms. The molecule has 0 bridgehead atoms. The first kappa shape index (κ1) is 12.8. The molecule has 2 heterocycles. The van der Waals surface area contributed by atoms with Crippen LogP contribution >= 0.6 is 11.5 Å². The van der Waals surface area contributed by atoms with E-state index in [2.05, 4.69) is 21.8 Å². The molecule has 0 unspecified atom stereocenters. The molecule has 6 heteroatoms. The third-order valence-electron chi connectivity index (χ3n) is 2.62. The first-order chi connectivity index (χ1) is 8.72. The lowest BCUT2D eigenvalue weighted by Crippen LogP contribution is -2.22. The fourth-order valence-corrected chi connectivity index (χ4v) is 2.23. The molecule has 1 N–H and O–H groups in total. The van der Waals surface area contributed by atoms with Gasteiger partial charge in [0.25, 0.3) is 5.56 Å². The van der Waals surface area contributed by atoms with E-state index in [-0.39, 0.29) is 5.56 Å². The van der Waals surface area contributed by atoms with Gasteiger partial charge < -0.3 is 9.88 Å².